The van der Waals surface area contributed by atoms with Gasteiger partial charge in [0.05, 0.1) is 23.8 Å². The van der Waals surface area contributed by atoms with Crippen LogP contribution in [0.3, 0.4) is 0 Å². The summed E-state index contributed by atoms with van der Waals surface area (Å²) in [5.41, 5.74) is 2.03. The maximum absolute atomic E-state index is 13.6. The van der Waals surface area contributed by atoms with Gasteiger partial charge in [-0.25, -0.2) is 0 Å². The van der Waals surface area contributed by atoms with E-state index in [1.165, 1.54) is 11.0 Å². The number of rotatable bonds is 6. The maximum Gasteiger partial charge on any atom is 0.255 e. The molecule has 0 aliphatic heterocycles. The molecule has 4 rings (SSSR count). The highest BCUT2D eigenvalue weighted by molar-refractivity contribution is 6.24. The van der Waals surface area contributed by atoms with Gasteiger partial charge in [-0.3, -0.25) is 24.1 Å². The van der Waals surface area contributed by atoms with Gasteiger partial charge in [0.1, 0.15) is 22.8 Å². The van der Waals surface area contributed by atoms with Gasteiger partial charge in [0.15, 0.2) is 11.4 Å². The van der Waals surface area contributed by atoms with Crippen molar-refractivity contribution in [3.05, 3.63) is 45.9 Å². The van der Waals surface area contributed by atoms with Gasteiger partial charge in [-0.2, -0.15) is 0 Å². The minimum atomic E-state index is -2.69. The van der Waals surface area contributed by atoms with E-state index in [9.17, 15) is 39.6 Å². The number of aliphatic hydroxyl groups is 3. The Bertz CT molecular complexity index is 1280. The molecule has 0 unspecified atom stereocenters. The lowest BCUT2D eigenvalue weighted by Crippen LogP contribution is -2.63. The Morgan fingerprint density at radius 2 is 1.86 bits per heavy atom. The number of nitrogens with one attached hydrogen (secondary N) is 2. The first-order valence-corrected chi connectivity index (χ1v) is 11.9. The summed E-state index contributed by atoms with van der Waals surface area (Å²) in [5, 5.41) is 49.9. The lowest BCUT2D eigenvalue weighted by molar-refractivity contribution is -0.148. The number of nitrogens with zero attached hydrogens (tertiary/aromatic N) is 1. The molecule has 0 spiro atoms. The molecule has 198 valence electrons. The summed E-state index contributed by atoms with van der Waals surface area (Å²) in [6.45, 7) is 2.03. The summed E-state index contributed by atoms with van der Waals surface area (Å²) in [6.07, 6.45) is 0.211. The summed E-state index contributed by atoms with van der Waals surface area (Å²) in [4.78, 5) is 52.2. The Morgan fingerprint density at radius 3 is 2.46 bits per heavy atom. The number of carbonyl (C=O) groups is 4. The van der Waals surface area contributed by atoms with Crippen LogP contribution < -0.4 is 16.4 Å². The van der Waals surface area contributed by atoms with Crippen molar-refractivity contribution in [2.75, 3.05) is 32.5 Å². The van der Waals surface area contributed by atoms with Gasteiger partial charge in [0.25, 0.3) is 5.91 Å². The molecule has 0 bridgehead atoms. The first kappa shape index (κ1) is 26.2. The second-order valence-electron chi connectivity index (χ2n) is 9.77. The summed E-state index contributed by atoms with van der Waals surface area (Å²) in [7, 11) is 3.14. The lowest BCUT2D eigenvalue weighted by atomic mass is 9.58. The number of ketones is 2. The van der Waals surface area contributed by atoms with E-state index in [2.05, 4.69) is 10.6 Å². The number of phenols is 1. The van der Waals surface area contributed by atoms with E-state index in [0.717, 1.165) is 0 Å². The molecule has 0 heterocycles. The topological polar surface area (TPSA) is 203 Å². The van der Waals surface area contributed by atoms with Gasteiger partial charge in [-0.05, 0) is 51.4 Å². The Hall–Kier alpha value is -3.90. The van der Waals surface area contributed by atoms with E-state index < -0.39 is 63.8 Å². The van der Waals surface area contributed by atoms with Crippen LogP contribution in [0.25, 0.3) is 0 Å². The number of allylic oxidation sites excluding steroid dienone is 1. The number of hydrogen-bond acceptors (Lipinski definition) is 10. The van der Waals surface area contributed by atoms with E-state index in [4.69, 9.17) is 5.73 Å². The Kier molecular flexibility index (Phi) is 6.51. The zero-order valence-electron chi connectivity index (χ0n) is 20.7. The number of aromatic hydroxyl groups is 1. The lowest BCUT2D eigenvalue weighted by Gasteiger charge is -2.50. The highest BCUT2D eigenvalue weighted by Crippen LogP contribution is 2.52. The minimum Gasteiger partial charge on any atom is -0.510 e. The van der Waals surface area contributed by atoms with Crippen molar-refractivity contribution < 1.29 is 39.6 Å². The number of primary amides is 1. The molecule has 3 aliphatic carbocycles. The Labute approximate surface area is 212 Å². The van der Waals surface area contributed by atoms with Crippen LogP contribution in [0.15, 0.2) is 34.8 Å². The quantitative estimate of drug-likeness (QED) is 0.194. The number of amides is 2. The Morgan fingerprint density at radius 1 is 1.19 bits per heavy atom. The number of nitrogens with two attached hydrogens (primary N) is 1. The number of anilines is 1. The van der Waals surface area contributed by atoms with Crippen LogP contribution in [0.4, 0.5) is 5.69 Å². The molecular formula is C25H30N4O8. The molecule has 8 N–H and O–H groups in total. The second-order valence-corrected chi connectivity index (χ2v) is 9.77. The SMILES string of the molecule is CCNC(=O)CNc1ccc2c(c1O)C(=O)C1=C(O)[C@@]3(O)C(=O)C(C(N)=O)=C(O)[C@@H](N(C)C)[C@H]3C[C@H]1C2. The molecule has 12 heteroatoms. The van der Waals surface area contributed by atoms with Crippen LogP contribution in [-0.2, 0) is 20.8 Å². The number of Topliss-reactive ketones (excluding diaryl/α,β-unsaturated/α-hetero) is 2. The van der Waals surface area contributed by atoms with Gasteiger partial charge in [0, 0.05) is 18.0 Å². The van der Waals surface area contributed by atoms with Crippen molar-refractivity contribution in [3.63, 3.8) is 0 Å². The number of likely N-dealkylation sites (N-methyl/N-ethyl adjacent to an activating group) is 2. The summed E-state index contributed by atoms with van der Waals surface area (Å²) >= 11 is 0. The molecule has 37 heavy (non-hydrogen) atoms. The van der Waals surface area contributed by atoms with Crippen LogP contribution in [0, 0.1) is 11.8 Å². The van der Waals surface area contributed by atoms with Gasteiger partial charge < -0.3 is 36.8 Å². The zero-order chi connectivity index (χ0) is 27.4. The molecule has 12 nitrogen and oxygen atoms in total. The van der Waals surface area contributed by atoms with Crippen molar-refractivity contribution >= 4 is 29.1 Å². The summed E-state index contributed by atoms with van der Waals surface area (Å²) < 4.78 is 0. The highest BCUT2D eigenvalue weighted by atomic mass is 16.3. The van der Waals surface area contributed by atoms with Crippen molar-refractivity contribution in [2.24, 2.45) is 17.6 Å². The number of carbonyl (C=O) groups excluding carboxylic acids is 4. The molecule has 3 aliphatic rings. The third-order valence-electron chi connectivity index (χ3n) is 7.41. The smallest absolute Gasteiger partial charge is 0.255 e. The number of phenolic OH excluding ortho intramolecular Hbond substituents is 1. The molecule has 1 aromatic carbocycles. The average Bonchev–Trinajstić information content (AvgIpc) is 2.80. The molecule has 1 aromatic rings. The molecule has 0 aromatic heterocycles. The van der Waals surface area contributed by atoms with Crippen LogP contribution in [-0.4, -0.2) is 87.5 Å². The highest BCUT2D eigenvalue weighted by Gasteiger charge is 2.63. The first-order chi connectivity index (χ1) is 17.4. The first-order valence-electron chi connectivity index (χ1n) is 11.9. The molecule has 0 fully saturated rings. The number of benzene rings is 1. The second kappa shape index (κ2) is 9.20. The third-order valence-corrected chi connectivity index (χ3v) is 7.41. The Balaban J connectivity index is 1.82. The number of fused-ring (bicyclic) bond motifs is 3. The molecular weight excluding hydrogens is 484 g/mol. The van der Waals surface area contributed by atoms with Crippen molar-refractivity contribution in [3.8, 4) is 5.75 Å². The van der Waals surface area contributed by atoms with E-state index in [1.54, 1.807) is 27.1 Å². The van der Waals surface area contributed by atoms with Gasteiger partial charge in [-0.1, -0.05) is 6.07 Å². The van der Waals surface area contributed by atoms with Crippen LogP contribution >= 0.6 is 0 Å². The monoisotopic (exact) mass is 514 g/mol. The molecule has 0 saturated heterocycles. The third kappa shape index (κ3) is 3.83. The van der Waals surface area contributed by atoms with Crippen molar-refractivity contribution in [1.82, 2.24) is 10.2 Å². The standard InChI is InChI=1S/C25H30N4O8/c1-4-27-14(30)9-28-13-6-5-10-7-11-8-12-18(29(2)3)21(33)17(24(26)36)23(35)25(12,37)22(34)16(11)20(32)15(10)19(13)31/h5-6,11-12,18,28,31,33-34,37H,4,7-9H2,1-3H3,(H2,26,36)(H,27,30)/t11-,12-,18+,25-/m1/s1. The van der Waals surface area contributed by atoms with Crippen molar-refractivity contribution in [2.45, 2.75) is 31.4 Å². The normalized spacial score (nSPS) is 27.0. The maximum atomic E-state index is 13.6. The van der Waals surface area contributed by atoms with E-state index in [0.29, 0.717) is 12.1 Å². The van der Waals surface area contributed by atoms with Crippen molar-refractivity contribution in [1.29, 1.82) is 0 Å². The van der Waals surface area contributed by atoms with E-state index >= 15 is 0 Å². The minimum absolute atomic E-state index is 0.0176. The van der Waals surface area contributed by atoms with Gasteiger partial charge in [-0.15, -0.1) is 0 Å². The largest absolute Gasteiger partial charge is 0.510 e. The fourth-order valence-corrected chi connectivity index (χ4v) is 5.80. The van der Waals surface area contributed by atoms with Gasteiger partial charge >= 0.3 is 0 Å². The molecule has 0 saturated carbocycles. The molecule has 2 amide bonds. The predicted octanol–water partition coefficient (Wildman–Crippen LogP) is -0.331. The summed E-state index contributed by atoms with van der Waals surface area (Å²) in [6, 6.07) is 2.12. The predicted molar refractivity (Wildman–Crippen MR) is 131 cm³/mol. The van der Waals surface area contributed by atoms with Crippen LogP contribution in [0.2, 0.25) is 0 Å². The number of hydrogen-bond donors (Lipinski definition) is 7. The van der Waals surface area contributed by atoms with E-state index in [1.807, 2.05) is 0 Å². The average molecular weight is 515 g/mol. The summed E-state index contributed by atoms with van der Waals surface area (Å²) in [5.74, 6) is -7.36. The van der Waals surface area contributed by atoms with E-state index in [-0.39, 0.29) is 42.1 Å². The zero-order valence-corrected chi connectivity index (χ0v) is 20.7. The molecule has 4 atom stereocenters. The number of aliphatic hydroxyl groups excluding tert-OH is 2. The molecule has 0 radical (unpaired) electrons. The fourth-order valence-electron chi connectivity index (χ4n) is 5.80. The van der Waals surface area contributed by atoms with Crippen LogP contribution in [0.1, 0.15) is 29.3 Å². The van der Waals surface area contributed by atoms with Gasteiger partial charge in [0.2, 0.25) is 11.7 Å². The van der Waals surface area contributed by atoms with Crippen LogP contribution in [0.5, 0.6) is 5.75 Å². The fraction of sp³-hybridized carbons (Fsp3) is 0.440.